The fourth-order valence-corrected chi connectivity index (χ4v) is 2.17. The molecule has 1 aromatic heterocycles. The number of nitriles is 1. The maximum atomic E-state index is 9.24. The van der Waals surface area contributed by atoms with Crippen LogP contribution in [-0.4, -0.2) is 16.6 Å². The van der Waals surface area contributed by atoms with Crippen molar-refractivity contribution < 1.29 is 0 Å². The van der Waals surface area contributed by atoms with Crippen LogP contribution in [0.15, 0.2) is 30.5 Å². The van der Waals surface area contributed by atoms with E-state index in [1.165, 1.54) is 10.9 Å². The molecule has 2 rings (SSSR count). The van der Waals surface area contributed by atoms with Gasteiger partial charge in [-0.3, -0.25) is 5.32 Å². The van der Waals surface area contributed by atoms with Gasteiger partial charge in [-0.05, 0) is 32.4 Å². The predicted molar refractivity (Wildman–Crippen MR) is 74.3 cm³/mol. The van der Waals surface area contributed by atoms with Crippen molar-refractivity contribution >= 4 is 10.9 Å². The molecule has 2 aromatic rings. The molecule has 0 aliphatic rings. The Morgan fingerprint density at radius 1 is 1.33 bits per heavy atom. The molecule has 0 saturated carbocycles. The molecule has 0 fully saturated rings. The average Bonchev–Trinajstić information content (AvgIpc) is 2.70. The largest absolute Gasteiger partial charge is 0.361 e. The van der Waals surface area contributed by atoms with Crippen molar-refractivity contribution in [2.75, 3.05) is 0 Å². The summed E-state index contributed by atoms with van der Waals surface area (Å²) in [5.41, 5.74) is 2.26. The first-order valence-electron chi connectivity index (χ1n) is 6.22. The van der Waals surface area contributed by atoms with E-state index in [2.05, 4.69) is 49.3 Å². The standard InChI is InChI=1S/C15H19N3/c1-15(2,3)18-12(9-16)8-11-10-17-14-7-5-4-6-13(11)14/h4-7,10,12,17-18H,8H2,1-3H3. The van der Waals surface area contributed by atoms with Gasteiger partial charge in [-0.25, -0.2) is 0 Å². The van der Waals surface area contributed by atoms with Crippen LogP contribution in [0.4, 0.5) is 0 Å². The Kier molecular flexibility index (Phi) is 3.40. The highest BCUT2D eigenvalue weighted by atomic mass is 15.0. The summed E-state index contributed by atoms with van der Waals surface area (Å²) >= 11 is 0. The third-order valence-corrected chi connectivity index (χ3v) is 2.86. The second-order valence-corrected chi connectivity index (χ2v) is 5.64. The average molecular weight is 241 g/mol. The van der Waals surface area contributed by atoms with E-state index >= 15 is 0 Å². The van der Waals surface area contributed by atoms with E-state index in [9.17, 15) is 5.26 Å². The third-order valence-electron chi connectivity index (χ3n) is 2.86. The number of aromatic nitrogens is 1. The molecule has 0 spiro atoms. The highest BCUT2D eigenvalue weighted by molar-refractivity contribution is 5.83. The maximum Gasteiger partial charge on any atom is 0.0998 e. The highest BCUT2D eigenvalue weighted by Gasteiger charge is 2.18. The zero-order valence-electron chi connectivity index (χ0n) is 11.1. The predicted octanol–water partition coefficient (Wildman–Crippen LogP) is 2.99. The van der Waals surface area contributed by atoms with Crippen LogP contribution in [0.2, 0.25) is 0 Å². The number of nitrogens with one attached hydrogen (secondary N) is 2. The van der Waals surface area contributed by atoms with Crippen LogP contribution in [0.1, 0.15) is 26.3 Å². The van der Waals surface area contributed by atoms with Gasteiger partial charge in [0.1, 0.15) is 0 Å². The first-order chi connectivity index (χ1) is 8.49. The van der Waals surface area contributed by atoms with Crippen LogP contribution < -0.4 is 5.32 Å². The summed E-state index contributed by atoms with van der Waals surface area (Å²) in [6.07, 6.45) is 2.72. The van der Waals surface area contributed by atoms with Gasteiger partial charge in [0.05, 0.1) is 12.1 Å². The molecule has 0 saturated heterocycles. The van der Waals surface area contributed by atoms with Crippen molar-refractivity contribution in [1.29, 1.82) is 5.26 Å². The first-order valence-corrected chi connectivity index (χ1v) is 6.22. The number of aromatic amines is 1. The number of benzene rings is 1. The van der Waals surface area contributed by atoms with Crippen molar-refractivity contribution in [3.63, 3.8) is 0 Å². The molecule has 1 heterocycles. The number of rotatable bonds is 3. The minimum Gasteiger partial charge on any atom is -0.361 e. The molecule has 0 radical (unpaired) electrons. The molecule has 94 valence electrons. The number of H-pyrrole nitrogens is 1. The van der Waals surface area contributed by atoms with Gasteiger partial charge in [-0.2, -0.15) is 5.26 Å². The Morgan fingerprint density at radius 3 is 2.72 bits per heavy atom. The molecule has 3 heteroatoms. The van der Waals surface area contributed by atoms with E-state index in [-0.39, 0.29) is 11.6 Å². The molecule has 18 heavy (non-hydrogen) atoms. The van der Waals surface area contributed by atoms with Crippen molar-refractivity contribution in [1.82, 2.24) is 10.3 Å². The fraction of sp³-hybridized carbons (Fsp3) is 0.400. The topological polar surface area (TPSA) is 51.6 Å². The number of hydrogen-bond donors (Lipinski definition) is 2. The zero-order chi connectivity index (χ0) is 13.2. The lowest BCUT2D eigenvalue weighted by atomic mass is 10.0. The molecule has 0 aliphatic carbocycles. The van der Waals surface area contributed by atoms with Crippen LogP contribution in [0.3, 0.4) is 0 Å². The second kappa shape index (κ2) is 4.83. The van der Waals surface area contributed by atoms with Gasteiger partial charge in [0.25, 0.3) is 0 Å². The number of fused-ring (bicyclic) bond motifs is 1. The summed E-state index contributed by atoms with van der Waals surface area (Å²) in [6, 6.07) is 10.4. The summed E-state index contributed by atoms with van der Waals surface area (Å²) in [7, 11) is 0. The van der Waals surface area contributed by atoms with Crippen LogP contribution in [0.5, 0.6) is 0 Å². The molecule has 1 unspecified atom stereocenters. The highest BCUT2D eigenvalue weighted by Crippen LogP contribution is 2.19. The second-order valence-electron chi connectivity index (χ2n) is 5.64. The van der Waals surface area contributed by atoms with Crippen LogP contribution >= 0.6 is 0 Å². The van der Waals surface area contributed by atoms with Gasteiger partial charge in [-0.15, -0.1) is 0 Å². The minimum atomic E-state index is -0.163. The van der Waals surface area contributed by atoms with E-state index < -0.39 is 0 Å². The smallest absolute Gasteiger partial charge is 0.0998 e. The quantitative estimate of drug-likeness (QED) is 0.868. The van der Waals surface area contributed by atoms with Gasteiger partial charge in [0, 0.05) is 29.1 Å². The lowest BCUT2D eigenvalue weighted by molar-refractivity contribution is 0.394. The van der Waals surface area contributed by atoms with E-state index in [0.717, 1.165) is 11.9 Å². The van der Waals surface area contributed by atoms with Gasteiger partial charge in [0.2, 0.25) is 0 Å². The molecule has 0 aliphatic heterocycles. The Balaban J connectivity index is 2.20. The Labute approximate surface area is 108 Å². The number of para-hydroxylation sites is 1. The monoisotopic (exact) mass is 241 g/mol. The van der Waals surface area contributed by atoms with E-state index in [1.807, 2.05) is 18.3 Å². The zero-order valence-corrected chi connectivity index (χ0v) is 11.1. The Hall–Kier alpha value is -1.79. The maximum absolute atomic E-state index is 9.24. The SMILES string of the molecule is CC(C)(C)NC(C#N)Cc1c[nH]c2ccccc12. The van der Waals surface area contributed by atoms with Gasteiger partial charge in [0.15, 0.2) is 0 Å². The Morgan fingerprint density at radius 2 is 2.06 bits per heavy atom. The molecule has 1 aromatic carbocycles. The fourth-order valence-electron chi connectivity index (χ4n) is 2.17. The molecular weight excluding hydrogens is 222 g/mol. The molecular formula is C15H19N3. The summed E-state index contributed by atoms with van der Waals surface area (Å²) in [5, 5.41) is 13.8. The lowest BCUT2D eigenvalue weighted by Gasteiger charge is -2.24. The molecule has 2 N–H and O–H groups in total. The summed E-state index contributed by atoms with van der Waals surface area (Å²) < 4.78 is 0. The van der Waals surface area contributed by atoms with Crippen molar-refractivity contribution in [2.45, 2.75) is 38.8 Å². The van der Waals surface area contributed by atoms with Crippen LogP contribution in [0, 0.1) is 11.3 Å². The number of nitrogens with zero attached hydrogens (tertiary/aromatic N) is 1. The van der Waals surface area contributed by atoms with E-state index in [4.69, 9.17) is 0 Å². The summed E-state index contributed by atoms with van der Waals surface area (Å²) in [4.78, 5) is 3.24. The van der Waals surface area contributed by atoms with E-state index in [0.29, 0.717) is 0 Å². The van der Waals surface area contributed by atoms with Crippen LogP contribution in [0.25, 0.3) is 10.9 Å². The van der Waals surface area contributed by atoms with E-state index in [1.54, 1.807) is 0 Å². The van der Waals surface area contributed by atoms with Gasteiger partial charge >= 0.3 is 0 Å². The number of hydrogen-bond acceptors (Lipinski definition) is 2. The van der Waals surface area contributed by atoms with Gasteiger partial charge in [-0.1, -0.05) is 18.2 Å². The molecule has 0 bridgehead atoms. The Bertz CT molecular complexity index is 569. The van der Waals surface area contributed by atoms with Crippen molar-refractivity contribution in [2.24, 2.45) is 0 Å². The molecule has 1 atom stereocenters. The molecule has 3 nitrogen and oxygen atoms in total. The summed E-state index contributed by atoms with van der Waals surface area (Å²) in [5.74, 6) is 0. The third kappa shape index (κ3) is 2.91. The lowest BCUT2D eigenvalue weighted by Crippen LogP contribution is -2.43. The van der Waals surface area contributed by atoms with Crippen LogP contribution in [-0.2, 0) is 6.42 Å². The molecule has 0 amide bonds. The first kappa shape index (κ1) is 12.7. The normalized spacial score (nSPS) is 13.4. The van der Waals surface area contributed by atoms with Gasteiger partial charge < -0.3 is 4.98 Å². The van der Waals surface area contributed by atoms with Crippen molar-refractivity contribution in [3.8, 4) is 6.07 Å². The minimum absolute atomic E-state index is 0.0491. The summed E-state index contributed by atoms with van der Waals surface area (Å²) in [6.45, 7) is 6.23. The van der Waals surface area contributed by atoms with Crippen molar-refractivity contribution in [3.05, 3.63) is 36.0 Å².